The summed E-state index contributed by atoms with van der Waals surface area (Å²) < 4.78 is 0. The van der Waals surface area contributed by atoms with Crippen molar-refractivity contribution in [2.75, 3.05) is 32.7 Å². The van der Waals surface area contributed by atoms with Crippen LogP contribution in [0, 0.1) is 23.7 Å². The van der Waals surface area contributed by atoms with Crippen LogP contribution in [0.1, 0.15) is 58.8 Å². The van der Waals surface area contributed by atoms with Gasteiger partial charge in [0.1, 0.15) is 6.29 Å². The summed E-state index contributed by atoms with van der Waals surface area (Å²) in [5.41, 5.74) is 0. The smallest absolute Gasteiger partial charge is 0.224 e. The lowest BCUT2D eigenvalue weighted by Crippen LogP contribution is -2.66. The van der Waals surface area contributed by atoms with Gasteiger partial charge in [0.25, 0.3) is 0 Å². The molecule has 0 radical (unpaired) electrons. The van der Waals surface area contributed by atoms with Gasteiger partial charge in [0.15, 0.2) is 0 Å². The van der Waals surface area contributed by atoms with Crippen LogP contribution in [0.3, 0.4) is 0 Å². The topological polar surface area (TPSA) is 89.2 Å². The van der Waals surface area contributed by atoms with Crippen LogP contribution in [0.25, 0.3) is 0 Å². The molecule has 0 bridgehead atoms. The molecule has 30 heavy (non-hydrogen) atoms. The lowest BCUT2D eigenvalue weighted by Gasteiger charge is -2.43. The Balaban J connectivity index is 1.26. The van der Waals surface area contributed by atoms with Crippen molar-refractivity contribution >= 4 is 5.91 Å². The minimum atomic E-state index is 0.131. The minimum absolute atomic E-state index is 0.131. The van der Waals surface area contributed by atoms with Crippen molar-refractivity contribution in [2.45, 2.75) is 83.2 Å². The van der Waals surface area contributed by atoms with Crippen LogP contribution in [0.15, 0.2) is 0 Å². The molecular formula is C23H44N6O. The van der Waals surface area contributed by atoms with E-state index in [-0.39, 0.29) is 18.1 Å². The Morgan fingerprint density at radius 2 is 1.83 bits per heavy atom. The van der Waals surface area contributed by atoms with Gasteiger partial charge in [-0.3, -0.25) is 20.7 Å². The van der Waals surface area contributed by atoms with Crippen LogP contribution < -0.4 is 31.9 Å². The zero-order valence-electron chi connectivity index (χ0n) is 19.0. The Morgan fingerprint density at radius 3 is 2.63 bits per heavy atom. The van der Waals surface area contributed by atoms with Gasteiger partial charge < -0.3 is 16.0 Å². The van der Waals surface area contributed by atoms with Gasteiger partial charge in [0, 0.05) is 24.7 Å². The second kappa shape index (κ2) is 10.7. The highest BCUT2D eigenvalue weighted by Crippen LogP contribution is 2.26. The van der Waals surface area contributed by atoms with Crippen LogP contribution in [0.2, 0.25) is 0 Å². The van der Waals surface area contributed by atoms with Crippen LogP contribution in [-0.4, -0.2) is 63.0 Å². The second-order valence-electron chi connectivity index (χ2n) is 10.5. The third kappa shape index (κ3) is 5.94. The van der Waals surface area contributed by atoms with E-state index >= 15 is 0 Å². The van der Waals surface area contributed by atoms with Gasteiger partial charge in [-0.2, -0.15) is 0 Å². The zero-order valence-corrected chi connectivity index (χ0v) is 19.0. The molecule has 7 heteroatoms. The average Bonchev–Trinajstić information content (AvgIpc) is 2.77. The Labute approximate surface area is 182 Å². The summed E-state index contributed by atoms with van der Waals surface area (Å²) >= 11 is 0. The molecule has 1 saturated carbocycles. The second-order valence-corrected chi connectivity index (χ2v) is 10.5. The normalized spacial score (nSPS) is 43.1. The van der Waals surface area contributed by atoms with E-state index in [4.69, 9.17) is 0 Å². The summed E-state index contributed by atoms with van der Waals surface area (Å²) in [6, 6.07) is 1.32. The number of rotatable bonds is 5. The number of amides is 1. The molecule has 1 aliphatic carbocycles. The number of piperidine rings is 2. The first-order chi connectivity index (χ1) is 14.6. The van der Waals surface area contributed by atoms with Gasteiger partial charge >= 0.3 is 0 Å². The van der Waals surface area contributed by atoms with Crippen LogP contribution in [0.5, 0.6) is 0 Å². The molecule has 0 spiro atoms. The molecule has 3 aliphatic heterocycles. The van der Waals surface area contributed by atoms with Crippen LogP contribution >= 0.6 is 0 Å². The van der Waals surface area contributed by atoms with E-state index in [1.165, 1.54) is 32.2 Å². The van der Waals surface area contributed by atoms with Gasteiger partial charge in [-0.25, -0.2) is 0 Å². The number of carbonyl (C=O) groups is 1. The molecule has 8 unspecified atom stereocenters. The van der Waals surface area contributed by atoms with Crippen molar-refractivity contribution in [3.8, 4) is 0 Å². The SMILES string of the molecule is CC1CNCC(C(=O)NC2CCC(C)C(NC3NCCC(C4CCCNC4)N3)C2)C1. The van der Waals surface area contributed by atoms with E-state index in [1.54, 1.807) is 0 Å². The van der Waals surface area contributed by atoms with E-state index in [0.29, 0.717) is 30.0 Å². The van der Waals surface area contributed by atoms with Gasteiger partial charge in [-0.05, 0) is 88.9 Å². The largest absolute Gasteiger partial charge is 0.353 e. The molecule has 3 saturated heterocycles. The van der Waals surface area contributed by atoms with Crippen molar-refractivity contribution in [3.05, 3.63) is 0 Å². The fraction of sp³-hybridized carbons (Fsp3) is 0.957. The quantitative estimate of drug-likeness (QED) is 0.393. The molecule has 4 rings (SSSR count). The fourth-order valence-electron chi connectivity index (χ4n) is 6.02. The van der Waals surface area contributed by atoms with Crippen LogP contribution in [0.4, 0.5) is 0 Å². The standard InChI is InChI=1S/C23H44N6O/c1-15-10-18(14-25-12-15)22(30)27-19-6-5-16(2)21(11-19)29-23-26-9-7-20(28-23)17-4-3-8-24-13-17/h15-21,23-26,28-29H,3-14H2,1-2H3,(H,27,30). The van der Waals surface area contributed by atoms with Crippen molar-refractivity contribution in [3.63, 3.8) is 0 Å². The first kappa shape index (κ1) is 22.5. The molecule has 4 fully saturated rings. The molecule has 7 nitrogen and oxygen atoms in total. The van der Waals surface area contributed by atoms with E-state index in [0.717, 1.165) is 51.4 Å². The van der Waals surface area contributed by atoms with E-state index in [1.807, 2.05) is 0 Å². The molecular weight excluding hydrogens is 376 g/mol. The number of hydrogen-bond donors (Lipinski definition) is 6. The molecule has 1 amide bonds. The maximum Gasteiger partial charge on any atom is 0.224 e. The van der Waals surface area contributed by atoms with Gasteiger partial charge in [0.2, 0.25) is 5.91 Å². The molecule has 0 aromatic heterocycles. The summed E-state index contributed by atoms with van der Waals surface area (Å²) in [5, 5.41) is 21.7. The van der Waals surface area contributed by atoms with Crippen molar-refractivity contribution < 1.29 is 4.79 Å². The predicted octanol–water partition coefficient (Wildman–Crippen LogP) is 0.730. The highest BCUT2D eigenvalue weighted by Gasteiger charge is 2.34. The summed E-state index contributed by atoms with van der Waals surface area (Å²) in [6.07, 6.45) is 8.32. The molecule has 0 aromatic rings. The molecule has 3 heterocycles. The third-order valence-electron chi connectivity index (χ3n) is 7.95. The Kier molecular flexibility index (Phi) is 8.03. The van der Waals surface area contributed by atoms with Crippen molar-refractivity contribution in [1.29, 1.82) is 0 Å². The summed E-state index contributed by atoms with van der Waals surface area (Å²) in [6.45, 7) is 9.84. The highest BCUT2D eigenvalue weighted by molar-refractivity contribution is 5.79. The van der Waals surface area contributed by atoms with Gasteiger partial charge in [0.05, 0.1) is 5.92 Å². The van der Waals surface area contributed by atoms with E-state index in [2.05, 4.69) is 45.7 Å². The van der Waals surface area contributed by atoms with Gasteiger partial charge in [-0.1, -0.05) is 13.8 Å². The lowest BCUT2D eigenvalue weighted by molar-refractivity contribution is -0.127. The molecule has 172 valence electrons. The summed E-state index contributed by atoms with van der Waals surface area (Å²) in [5.74, 6) is 2.35. The monoisotopic (exact) mass is 420 g/mol. The first-order valence-corrected chi connectivity index (χ1v) is 12.6. The number of nitrogens with one attached hydrogen (secondary N) is 6. The predicted molar refractivity (Wildman–Crippen MR) is 121 cm³/mol. The van der Waals surface area contributed by atoms with E-state index < -0.39 is 0 Å². The fourth-order valence-corrected chi connectivity index (χ4v) is 6.02. The molecule has 0 aromatic carbocycles. The Hall–Kier alpha value is -0.730. The van der Waals surface area contributed by atoms with Crippen molar-refractivity contribution in [2.24, 2.45) is 23.7 Å². The lowest BCUT2D eigenvalue weighted by atomic mass is 9.82. The maximum absolute atomic E-state index is 12.8. The molecule has 6 N–H and O–H groups in total. The summed E-state index contributed by atoms with van der Waals surface area (Å²) in [7, 11) is 0. The van der Waals surface area contributed by atoms with Gasteiger partial charge in [-0.15, -0.1) is 0 Å². The first-order valence-electron chi connectivity index (χ1n) is 12.6. The maximum atomic E-state index is 12.8. The molecule has 8 atom stereocenters. The minimum Gasteiger partial charge on any atom is -0.353 e. The average molecular weight is 421 g/mol. The highest BCUT2D eigenvalue weighted by atomic mass is 16.2. The Morgan fingerprint density at radius 1 is 0.933 bits per heavy atom. The summed E-state index contributed by atoms with van der Waals surface area (Å²) in [4.78, 5) is 12.8. The zero-order chi connectivity index (χ0) is 20.9. The van der Waals surface area contributed by atoms with E-state index in [9.17, 15) is 4.79 Å². The van der Waals surface area contributed by atoms with Crippen LogP contribution in [-0.2, 0) is 4.79 Å². The number of hydrogen-bond acceptors (Lipinski definition) is 6. The van der Waals surface area contributed by atoms with Crippen molar-refractivity contribution in [1.82, 2.24) is 31.9 Å². The third-order valence-corrected chi connectivity index (χ3v) is 7.95. The molecule has 4 aliphatic rings. The Bertz CT molecular complexity index is 554. The number of carbonyl (C=O) groups excluding carboxylic acids is 1.